The summed E-state index contributed by atoms with van der Waals surface area (Å²) in [7, 11) is 1.00. The summed E-state index contributed by atoms with van der Waals surface area (Å²) < 4.78 is 2.08. The van der Waals surface area contributed by atoms with Gasteiger partial charge < -0.3 is 20.3 Å². The van der Waals surface area contributed by atoms with Crippen LogP contribution in [0, 0.1) is 0 Å². The van der Waals surface area contributed by atoms with Crippen molar-refractivity contribution in [2.75, 3.05) is 24.3 Å². The Labute approximate surface area is 221 Å². The molecule has 0 aliphatic rings. The number of fused-ring (bicyclic) bond motifs is 1. The zero-order valence-electron chi connectivity index (χ0n) is 23.6. The maximum Gasteiger partial charge on any atom is 0.226 e. The summed E-state index contributed by atoms with van der Waals surface area (Å²) in [6, 6.07) is 12.9. The monoisotopic (exact) mass is 505 g/mol. The van der Waals surface area contributed by atoms with Crippen LogP contribution >= 0.6 is 0 Å². The van der Waals surface area contributed by atoms with Crippen molar-refractivity contribution in [3.05, 3.63) is 60.0 Å². The van der Waals surface area contributed by atoms with Crippen LogP contribution in [0.15, 0.2) is 48.9 Å². The van der Waals surface area contributed by atoms with Gasteiger partial charge in [0.25, 0.3) is 0 Å². The number of nitrogens with zero attached hydrogens (tertiary/aromatic N) is 5. The molecular weight excluding hydrogens is 462 g/mol. The van der Waals surface area contributed by atoms with E-state index in [1.165, 1.54) is 16.7 Å². The molecular formula is C29H43N7O. The fourth-order valence-corrected chi connectivity index (χ4v) is 3.87. The van der Waals surface area contributed by atoms with Gasteiger partial charge in [-0.2, -0.15) is 9.97 Å². The van der Waals surface area contributed by atoms with Crippen LogP contribution in [-0.4, -0.2) is 43.3 Å². The summed E-state index contributed by atoms with van der Waals surface area (Å²) in [5.41, 5.74) is 6.30. The molecule has 37 heavy (non-hydrogen) atoms. The zero-order chi connectivity index (χ0) is 27.4. The van der Waals surface area contributed by atoms with Crippen molar-refractivity contribution in [2.45, 2.75) is 73.4 Å². The van der Waals surface area contributed by atoms with Crippen LogP contribution in [-0.2, 0) is 6.54 Å². The molecule has 0 aliphatic carbocycles. The van der Waals surface area contributed by atoms with E-state index in [2.05, 4.69) is 84.1 Å². The first-order valence-electron chi connectivity index (χ1n) is 13.2. The van der Waals surface area contributed by atoms with Gasteiger partial charge in [0.1, 0.15) is 0 Å². The van der Waals surface area contributed by atoms with E-state index >= 15 is 0 Å². The lowest BCUT2D eigenvalue weighted by Gasteiger charge is -2.15. The number of hydrogen-bond acceptors (Lipinski definition) is 7. The minimum absolute atomic E-state index is 0.268. The molecule has 0 saturated heterocycles. The summed E-state index contributed by atoms with van der Waals surface area (Å²) in [5.74, 6) is 1.76. The Bertz CT molecular complexity index is 1220. The molecule has 8 heteroatoms. The molecule has 3 heterocycles. The molecule has 0 unspecified atom stereocenters. The largest absolute Gasteiger partial charge is 0.400 e. The van der Waals surface area contributed by atoms with Crippen LogP contribution in [0.4, 0.5) is 11.8 Å². The highest BCUT2D eigenvalue weighted by Gasteiger charge is 2.16. The standard InChI is InChI=1S/C26H33N7.C2H6.CH4O/c1-6-12-28-26-31-24(23-25(32-26)33(16-30-23)18(4)5)29-15-19-10-11-20(21(14-19)17(2)3)22-9-7-8-13-27-22;2*1-2/h7-11,13-14,16-18H,6,12,15H2,1-5H3,(H2,28,29,31,32);1-2H3;2H,1H3. The minimum atomic E-state index is 0.268. The van der Waals surface area contributed by atoms with E-state index < -0.39 is 0 Å². The molecule has 0 spiro atoms. The Hall–Kier alpha value is -3.52. The Morgan fingerprint density at radius 3 is 2.32 bits per heavy atom. The normalized spacial score (nSPS) is 10.6. The van der Waals surface area contributed by atoms with Crippen LogP contribution in [0.2, 0.25) is 0 Å². The van der Waals surface area contributed by atoms with Gasteiger partial charge in [-0.25, -0.2) is 4.98 Å². The second kappa shape index (κ2) is 14.9. The summed E-state index contributed by atoms with van der Waals surface area (Å²) in [6.07, 6.45) is 4.70. The Balaban J connectivity index is 0.00000115. The van der Waals surface area contributed by atoms with Crippen molar-refractivity contribution in [2.24, 2.45) is 0 Å². The molecule has 0 atom stereocenters. The quantitative estimate of drug-likeness (QED) is 0.234. The Morgan fingerprint density at radius 1 is 0.946 bits per heavy atom. The van der Waals surface area contributed by atoms with E-state index in [1.54, 1.807) is 0 Å². The maximum atomic E-state index is 7.00. The fraction of sp³-hybridized carbons (Fsp3) is 0.448. The van der Waals surface area contributed by atoms with Gasteiger partial charge in [0.2, 0.25) is 5.95 Å². The molecule has 0 bridgehead atoms. The second-order valence-electron chi connectivity index (χ2n) is 8.89. The van der Waals surface area contributed by atoms with Crippen molar-refractivity contribution in [3.8, 4) is 11.3 Å². The number of imidazole rings is 1. The third kappa shape index (κ3) is 7.49. The van der Waals surface area contributed by atoms with Gasteiger partial charge in [0, 0.05) is 38.0 Å². The lowest BCUT2D eigenvalue weighted by Crippen LogP contribution is -2.10. The van der Waals surface area contributed by atoms with Crippen molar-refractivity contribution in [1.82, 2.24) is 24.5 Å². The first-order chi connectivity index (χ1) is 18.0. The predicted octanol–water partition coefficient (Wildman–Crippen LogP) is 6.66. The molecule has 4 aromatic rings. The van der Waals surface area contributed by atoms with E-state index in [1.807, 2.05) is 38.5 Å². The molecule has 0 aliphatic heterocycles. The number of benzene rings is 1. The average molecular weight is 506 g/mol. The molecule has 0 fully saturated rings. The lowest BCUT2D eigenvalue weighted by molar-refractivity contribution is 0.399. The van der Waals surface area contributed by atoms with Gasteiger partial charge in [-0.1, -0.05) is 58.9 Å². The number of rotatable bonds is 9. The third-order valence-corrected chi connectivity index (χ3v) is 5.65. The number of aliphatic hydroxyl groups excluding tert-OH is 1. The molecule has 0 saturated carbocycles. The number of aliphatic hydroxyl groups is 1. The highest BCUT2D eigenvalue weighted by Crippen LogP contribution is 2.30. The molecule has 3 N–H and O–H groups in total. The summed E-state index contributed by atoms with van der Waals surface area (Å²) in [5, 5.41) is 13.8. The molecule has 0 amide bonds. The van der Waals surface area contributed by atoms with Crippen LogP contribution < -0.4 is 10.6 Å². The average Bonchev–Trinajstić information content (AvgIpc) is 3.37. The van der Waals surface area contributed by atoms with Crippen LogP contribution in [0.1, 0.15) is 78.0 Å². The topological polar surface area (TPSA) is 101 Å². The van der Waals surface area contributed by atoms with E-state index in [0.29, 0.717) is 18.4 Å². The van der Waals surface area contributed by atoms with Gasteiger partial charge in [0.05, 0.1) is 12.0 Å². The predicted molar refractivity (Wildman–Crippen MR) is 155 cm³/mol. The lowest BCUT2D eigenvalue weighted by atomic mass is 9.93. The summed E-state index contributed by atoms with van der Waals surface area (Å²) in [6.45, 7) is 16.3. The number of pyridine rings is 1. The van der Waals surface area contributed by atoms with Crippen molar-refractivity contribution < 1.29 is 5.11 Å². The maximum absolute atomic E-state index is 7.00. The molecule has 8 nitrogen and oxygen atoms in total. The van der Waals surface area contributed by atoms with Crippen LogP contribution in [0.3, 0.4) is 0 Å². The number of hydrogen-bond donors (Lipinski definition) is 3. The molecule has 3 aromatic heterocycles. The SMILES string of the molecule is CC.CCCNc1nc(NCc2ccc(-c3ccccn3)c(C(C)C)c2)c2ncn(C(C)C)c2n1.CO. The van der Waals surface area contributed by atoms with E-state index in [9.17, 15) is 0 Å². The highest BCUT2D eigenvalue weighted by molar-refractivity contribution is 5.84. The molecule has 4 rings (SSSR count). The first-order valence-corrected chi connectivity index (χ1v) is 13.2. The summed E-state index contributed by atoms with van der Waals surface area (Å²) in [4.78, 5) is 18.6. The zero-order valence-corrected chi connectivity index (χ0v) is 23.6. The van der Waals surface area contributed by atoms with Gasteiger partial charge in [-0.05, 0) is 49.4 Å². The highest BCUT2D eigenvalue weighted by atomic mass is 16.2. The molecule has 1 aromatic carbocycles. The van der Waals surface area contributed by atoms with Crippen molar-refractivity contribution in [1.29, 1.82) is 0 Å². The first kappa shape index (κ1) is 29.7. The molecule has 200 valence electrons. The van der Waals surface area contributed by atoms with Gasteiger partial charge in [-0.3, -0.25) is 4.98 Å². The smallest absolute Gasteiger partial charge is 0.226 e. The fourth-order valence-electron chi connectivity index (χ4n) is 3.87. The van der Waals surface area contributed by atoms with E-state index in [-0.39, 0.29) is 6.04 Å². The summed E-state index contributed by atoms with van der Waals surface area (Å²) >= 11 is 0. The van der Waals surface area contributed by atoms with Gasteiger partial charge in [-0.15, -0.1) is 0 Å². The number of anilines is 2. The van der Waals surface area contributed by atoms with E-state index in [4.69, 9.17) is 15.1 Å². The minimum Gasteiger partial charge on any atom is -0.400 e. The van der Waals surface area contributed by atoms with Crippen LogP contribution in [0.5, 0.6) is 0 Å². The third-order valence-electron chi connectivity index (χ3n) is 5.65. The van der Waals surface area contributed by atoms with Crippen molar-refractivity contribution >= 4 is 22.9 Å². The number of aromatic nitrogens is 5. The second-order valence-corrected chi connectivity index (χ2v) is 8.89. The molecule has 0 radical (unpaired) electrons. The Morgan fingerprint density at radius 2 is 1.70 bits per heavy atom. The van der Waals surface area contributed by atoms with Crippen LogP contribution in [0.25, 0.3) is 22.4 Å². The van der Waals surface area contributed by atoms with Gasteiger partial charge in [0.15, 0.2) is 17.0 Å². The van der Waals surface area contributed by atoms with Crippen molar-refractivity contribution in [3.63, 3.8) is 0 Å². The number of nitrogens with one attached hydrogen (secondary N) is 2. The Kier molecular flexibility index (Phi) is 12.0. The van der Waals surface area contributed by atoms with Gasteiger partial charge >= 0.3 is 0 Å². The van der Waals surface area contributed by atoms with E-state index in [0.717, 1.165) is 42.8 Å².